The molecule has 3 nitrogen and oxygen atoms in total. The van der Waals surface area contributed by atoms with Crippen molar-refractivity contribution in [3.05, 3.63) is 35.6 Å². The third kappa shape index (κ3) is 2.42. The molecule has 0 bridgehead atoms. The van der Waals surface area contributed by atoms with Crippen molar-refractivity contribution in [1.82, 2.24) is 0 Å². The predicted octanol–water partition coefficient (Wildman–Crippen LogP) is 2.36. The standard InChI is InChI=1S/C12H12F4N2O/c13-9-4-2-1-3-8(9)11(12(14,15)16)5-6-19-7-10(17)18-11/h1-4H,5-7H2,(H2,17,18). The van der Waals surface area contributed by atoms with E-state index in [0.717, 1.165) is 12.1 Å². The van der Waals surface area contributed by atoms with Crippen LogP contribution in [0.3, 0.4) is 0 Å². The Balaban J connectivity index is 2.65. The molecule has 0 amide bonds. The van der Waals surface area contributed by atoms with E-state index in [1.807, 2.05) is 0 Å². The third-order valence-corrected chi connectivity index (χ3v) is 2.98. The number of hydrogen-bond donors (Lipinski definition) is 1. The number of rotatable bonds is 1. The molecule has 0 fully saturated rings. The highest BCUT2D eigenvalue weighted by atomic mass is 19.4. The van der Waals surface area contributed by atoms with E-state index in [0.29, 0.717) is 0 Å². The van der Waals surface area contributed by atoms with Crippen LogP contribution in [0.2, 0.25) is 0 Å². The highest BCUT2D eigenvalue weighted by Gasteiger charge is 2.57. The molecule has 2 N–H and O–H groups in total. The molecule has 0 radical (unpaired) electrons. The zero-order chi connectivity index (χ0) is 14.1. The lowest BCUT2D eigenvalue weighted by atomic mass is 9.86. The number of aliphatic imine (C=N–C) groups is 1. The average molecular weight is 276 g/mol. The minimum atomic E-state index is -4.76. The summed E-state index contributed by atoms with van der Waals surface area (Å²) < 4.78 is 59.0. The van der Waals surface area contributed by atoms with Crippen LogP contribution in [0.15, 0.2) is 29.3 Å². The summed E-state index contributed by atoms with van der Waals surface area (Å²) in [5.74, 6) is -1.25. The summed E-state index contributed by atoms with van der Waals surface area (Å²) in [6.07, 6.45) is -5.26. The van der Waals surface area contributed by atoms with E-state index in [4.69, 9.17) is 10.5 Å². The normalized spacial score (nSPS) is 24.7. The fourth-order valence-electron chi connectivity index (χ4n) is 2.08. The van der Waals surface area contributed by atoms with Crippen LogP contribution >= 0.6 is 0 Å². The zero-order valence-electron chi connectivity index (χ0n) is 9.88. The van der Waals surface area contributed by atoms with E-state index in [1.54, 1.807) is 0 Å². The van der Waals surface area contributed by atoms with Crippen LogP contribution in [0, 0.1) is 5.82 Å². The van der Waals surface area contributed by atoms with E-state index < -0.39 is 29.5 Å². The van der Waals surface area contributed by atoms with Crippen LogP contribution in [0.4, 0.5) is 17.6 Å². The smallest absolute Gasteiger partial charge is 0.385 e. The van der Waals surface area contributed by atoms with Gasteiger partial charge in [-0.3, -0.25) is 0 Å². The fourth-order valence-corrected chi connectivity index (χ4v) is 2.08. The van der Waals surface area contributed by atoms with Gasteiger partial charge in [0.05, 0.1) is 6.61 Å². The largest absolute Gasteiger partial charge is 0.418 e. The molecule has 0 saturated carbocycles. The zero-order valence-corrected chi connectivity index (χ0v) is 9.88. The number of hydrogen-bond acceptors (Lipinski definition) is 3. The van der Waals surface area contributed by atoms with Gasteiger partial charge in [0.15, 0.2) is 5.54 Å². The number of alkyl halides is 3. The molecule has 1 heterocycles. The third-order valence-electron chi connectivity index (χ3n) is 2.98. The summed E-state index contributed by atoms with van der Waals surface area (Å²) >= 11 is 0. The van der Waals surface area contributed by atoms with E-state index >= 15 is 0 Å². The van der Waals surface area contributed by atoms with Gasteiger partial charge in [-0.2, -0.15) is 13.2 Å². The molecule has 1 aromatic rings. The number of halogens is 4. The second-order valence-corrected chi connectivity index (χ2v) is 4.24. The first-order valence-electron chi connectivity index (χ1n) is 5.60. The van der Waals surface area contributed by atoms with Crippen LogP contribution in [-0.4, -0.2) is 25.2 Å². The van der Waals surface area contributed by atoms with Crippen LogP contribution in [0.1, 0.15) is 12.0 Å². The van der Waals surface area contributed by atoms with Crippen molar-refractivity contribution in [1.29, 1.82) is 0 Å². The Bertz CT molecular complexity index is 501. The number of amidine groups is 1. The quantitative estimate of drug-likeness (QED) is 0.800. The lowest BCUT2D eigenvalue weighted by Crippen LogP contribution is -2.43. The predicted molar refractivity (Wildman–Crippen MR) is 61.2 cm³/mol. The maximum atomic E-state index is 13.8. The van der Waals surface area contributed by atoms with E-state index in [9.17, 15) is 17.6 Å². The SMILES string of the molecule is NC1=NC(c2ccccc2F)(C(F)(F)F)CCOC1. The van der Waals surface area contributed by atoms with Crippen molar-refractivity contribution in [2.45, 2.75) is 18.1 Å². The van der Waals surface area contributed by atoms with Gasteiger partial charge in [0.2, 0.25) is 0 Å². The van der Waals surface area contributed by atoms with Crippen LogP contribution in [0.25, 0.3) is 0 Å². The van der Waals surface area contributed by atoms with Crippen LogP contribution < -0.4 is 5.73 Å². The Hall–Kier alpha value is -1.63. The topological polar surface area (TPSA) is 47.6 Å². The van der Waals surface area contributed by atoms with Gasteiger partial charge < -0.3 is 10.5 Å². The summed E-state index contributed by atoms with van der Waals surface area (Å²) in [5.41, 5.74) is 2.18. The summed E-state index contributed by atoms with van der Waals surface area (Å²) in [6, 6.07) is 4.71. The number of benzene rings is 1. The maximum Gasteiger partial charge on any atom is 0.418 e. The molecule has 104 valence electrons. The molecular weight excluding hydrogens is 264 g/mol. The molecule has 7 heteroatoms. The van der Waals surface area contributed by atoms with Crippen molar-refractivity contribution in [2.75, 3.05) is 13.2 Å². The maximum absolute atomic E-state index is 13.8. The van der Waals surface area contributed by atoms with Gasteiger partial charge >= 0.3 is 6.18 Å². The van der Waals surface area contributed by atoms with Crippen molar-refractivity contribution >= 4 is 5.84 Å². The van der Waals surface area contributed by atoms with Gasteiger partial charge in [0.25, 0.3) is 0 Å². The van der Waals surface area contributed by atoms with Crippen molar-refractivity contribution in [3.63, 3.8) is 0 Å². The molecule has 19 heavy (non-hydrogen) atoms. The second-order valence-electron chi connectivity index (χ2n) is 4.24. The molecule has 1 aliphatic rings. The number of nitrogens with zero attached hydrogens (tertiary/aromatic N) is 1. The van der Waals surface area contributed by atoms with Crippen molar-refractivity contribution in [3.8, 4) is 0 Å². The molecule has 0 spiro atoms. The summed E-state index contributed by atoms with van der Waals surface area (Å²) in [5, 5.41) is 0. The van der Waals surface area contributed by atoms with E-state index in [-0.39, 0.29) is 19.0 Å². The highest BCUT2D eigenvalue weighted by molar-refractivity contribution is 5.82. The lowest BCUT2D eigenvalue weighted by molar-refractivity contribution is -0.193. The molecule has 1 atom stereocenters. The lowest BCUT2D eigenvalue weighted by Gasteiger charge is -2.31. The first kappa shape index (κ1) is 13.8. The van der Waals surface area contributed by atoms with Crippen LogP contribution in [-0.2, 0) is 10.3 Å². The van der Waals surface area contributed by atoms with E-state index in [2.05, 4.69) is 4.99 Å². The Morgan fingerprint density at radius 3 is 2.58 bits per heavy atom. The Morgan fingerprint density at radius 2 is 1.95 bits per heavy atom. The van der Waals surface area contributed by atoms with Gasteiger partial charge in [-0.25, -0.2) is 9.38 Å². The van der Waals surface area contributed by atoms with Gasteiger partial charge in [0.1, 0.15) is 18.3 Å². The molecule has 1 unspecified atom stereocenters. The number of ether oxygens (including phenoxy) is 1. The summed E-state index contributed by atoms with van der Waals surface area (Å²) in [7, 11) is 0. The van der Waals surface area contributed by atoms with E-state index in [1.165, 1.54) is 12.1 Å². The van der Waals surface area contributed by atoms with Gasteiger partial charge in [-0.1, -0.05) is 18.2 Å². The molecule has 2 rings (SSSR count). The molecule has 0 aliphatic carbocycles. The Labute approximate surface area is 107 Å². The van der Waals surface area contributed by atoms with Gasteiger partial charge in [-0.15, -0.1) is 0 Å². The molecule has 0 saturated heterocycles. The summed E-state index contributed by atoms with van der Waals surface area (Å²) in [6.45, 7) is -0.385. The minimum Gasteiger partial charge on any atom is -0.385 e. The van der Waals surface area contributed by atoms with Gasteiger partial charge in [-0.05, 0) is 6.07 Å². The highest BCUT2D eigenvalue weighted by Crippen LogP contribution is 2.46. The number of nitrogens with two attached hydrogens (primary N) is 1. The molecule has 0 aromatic heterocycles. The second kappa shape index (κ2) is 4.80. The van der Waals surface area contributed by atoms with Crippen molar-refractivity contribution in [2.24, 2.45) is 10.7 Å². The molecular formula is C12H12F4N2O. The first-order chi connectivity index (χ1) is 8.87. The average Bonchev–Trinajstić information content (AvgIpc) is 2.51. The Morgan fingerprint density at radius 1 is 1.26 bits per heavy atom. The molecule has 1 aliphatic heterocycles. The molecule has 1 aromatic carbocycles. The summed E-state index contributed by atoms with van der Waals surface area (Å²) in [4.78, 5) is 3.51. The monoisotopic (exact) mass is 276 g/mol. The van der Waals surface area contributed by atoms with Crippen LogP contribution in [0.5, 0.6) is 0 Å². The van der Waals surface area contributed by atoms with Gasteiger partial charge in [0, 0.05) is 12.0 Å². The fraction of sp³-hybridized carbons (Fsp3) is 0.417. The first-order valence-corrected chi connectivity index (χ1v) is 5.60. The Kier molecular flexibility index (Phi) is 3.49. The minimum absolute atomic E-state index is 0.188. The van der Waals surface area contributed by atoms with Crippen molar-refractivity contribution < 1.29 is 22.3 Å².